The van der Waals surface area contributed by atoms with Gasteiger partial charge in [-0.25, -0.2) is 4.98 Å². The van der Waals surface area contributed by atoms with Crippen LogP contribution in [0.25, 0.3) is 11.2 Å². The number of H-pyrrole nitrogens is 1. The predicted octanol–water partition coefficient (Wildman–Crippen LogP) is 3.02. The van der Waals surface area contributed by atoms with E-state index in [4.69, 9.17) is 0 Å². The van der Waals surface area contributed by atoms with Gasteiger partial charge in [-0.1, -0.05) is 27.7 Å². The zero-order valence-corrected chi connectivity index (χ0v) is 12.9. The maximum Gasteiger partial charge on any atom is 0.226 e. The van der Waals surface area contributed by atoms with Crippen LogP contribution in [0.5, 0.6) is 0 Å². The van der Waals surface area contributed by atoms with E-state index in [1.807, 2.05) is 0 Å². The molecule has 110 valence electrons. The molecule has 0 radical (unpaired) electrons. The molecule has 0 aromatic carbocycles. The second kappa shape index (κ2) is 5.64. The molecule has 2 rings (SSSR count). The number of aromatic nitrogens is 4. The highest BCUT2D eigenvalue weighted by Crippen LogP contribution is 2.25. The smallest absolute Gasteiger partial charge is 0.226 e. The second-order valence-electron chi connectivity index (χ2n) is 6.16. The van der Waals surface area contributed by atoms with Gasteiger partial charge in [0, 0.05) is 12.6 Å². The van der Waals surface area contributed by atoms with Crippen molar-refractivity contribution in [1.82, 2.24) is 19.9 Å². The first-order valence-corrected chi connectivity index (χ1v) is 7.13. The van der Waals surface area contributed by atoms with Gasteiger partial charge in [-0.05, 0) is 18.8 Å². The Kier molecular flexibility index (Phi) is 4.11. The first-order chi connectivity index (χ1) is 9.41. The van der Waals surface area contributed by atoms with Crippen LogP contribution in [0.1, 0.15) is 41.0 Å². The Balaban J connectivity index is 2.32. The zero-order valence-electron chi connectivity index (χ0n) is 12.9. The number of hydrogen-bond donors (Lipinski definition) is 3. The fraction of sp³-hybridized carbons (Fsp3) is 0.643. The van der Waals surface area contributed by atoms with Crippen LogP contribution in [0.15, 0.2) is 6.33 Å². The molecule has 2 aromatic heterocycles. The van der Waals surface area contributed by atoms with Crippen LogP contribution < -0.4 is 10.6 Å². The molecule has 3 N–H and O–H groups in total. The van der Waals surface area contributed by atoms with Crippen molar-refractivity contribution in [2.45, 2.75) is 47.1 Å². The second-order valence-corrected chi connectivity index (χ2v) is 6.16. The van der Waals surface area contributed by atoms with Crippen LogP contribution in [-0.4, -0.2) is 32.5 Å². The van der Waals surface area contributed by atoms with Crippen molar-refractivity contribution < 1.29 is 0 Å². The van der Waals surface area contributed by atoms with E-state index in [-0.39, 0.29) is 11.5 Å². The largest absolute Gasteiger partial charge is 0.365 e. The summed E-state index contributed by atoms with van der Waals surface area (Å²) in [5.74, 6) is 1.42. The van der Waals surface area contributed by atoms with Crippen molar-refractivity contribution in [3.63, 3.8) is 0 Å². The van der Waals surface area contributed by atoms with Gasteiger partial charge in [0.2, 0.25) is 5.95 Å². The van der Waals surface area contributed by atoms with E-state index in [0.29, 0.717) is 11.6 Å². The number of nitrogens with one attached hydrogen (secondary N) is 3. The van der Waals surface area contributed by atoms with Crippen molar-refractivity contribution in [1.29, 1.82) is 0 Å². The Hall–Kier alpha value is -1.85. The average Bonchev–Trinajstić information content (AvgIpc) is 2.83. The monoisotopic (exact) mass is 276 g/mol. The fourth-order valence-corrected chi connectivity index (χ4v) is 1.68. The van der Waals surface area contributed by atoms with E-state index >= 15 is 0 Å². The summed E-state index contributed by atoms with van der Waals surface area (Å²) in [6, 6.07) is 0.280. The maximum atomic E-state index is 4.56. The molecule has 1 unspecified atom stereocenters. The summed E-state index contributed by atoms with van der Waals surface area (Å²) in [5, 5.41) is 6.68. The molecule has 6 heteroatoms. The highest BCUT2D eigenvalue weighted by molar-refractivity contribution is 5.83. The molecular formula is C14H24N6. The third-order valence-corrected chi connectivity index (χ3v) is 3.47. The Morgan fingerprint density at radius 3 is 2.70 bits per heavy atom. The van der Waals surface area contributed by atoms with Crippen molar-refractivity contribution in [3.8, 4) is 0 Å². The van der Waals surface area contributed by atoms with Gasteiger partial charge in [-0.2, -0.15) is 9.97 Å². The third kappa shape index (κ3) is 3.18. The number of anilines is 2. The molecular weight excluding hydrogens is 252 g/mol. The zero-order chi connectivity index (χ0) is 14.8. The lowest BCUT2D eigenvalue weighted by atomic mass is 9.88. The fourth-order valence-electron chi connectivity index (χ4n) is 1.68. The molecule has 2 heterocycles. The minimum absolute atomic E-state index is 0.147. The van der Waals surface area contributed by atoms with Crippen LogP contribution in [0.4, 0.5) is 11.8 Å². The van der Waals surface area contributed by atoms with E-state index < -0.39 is 0 Å². The number of aromatic amines is 1. The van der Waals surface area contributed by atoms with Gasteiger partial charge in [-0.15, -0.1) is 0 Å². The molecule has 0 amide bonds. The van der Waals surface area contributed by atoms with Gasteiger partial charge in [0.05, 0.1) is 6.33 Å². The summed E-state index contributed by atoms with van der Waals surface area (Å²) in [4.78, 5) is 16.3. The van der Waals surface area contributed by atoms with Crippen molar-refractivity contribution >= 4 is 22.9 Å². The number of hydrogen-bond acceptors (Lipinski definition) is 5. The number of rotatable bonds is 5. The molecule has 0 saturated heterocycles. The highest BCUT2D eigenvalue weighted by Gasteiger charge is 2.21. The Labute approximate surface area is 119 Å². The molecule has 0 aliphatic heterocycles. The topological polar surface area (TPSA) is 78.5 Å². The Morgan fingerprint density at radius 2 is 2.05 bits per heavy atom. The lowest BCUT2D eigenvalue weighted by Gasteiger charge is -2.28. The van der Waals surface area contributed by atoms with E-state index in [0.717, 1.165) is 24.3 Å². The van der Waals surface area contributed by atoms with E-state index in [2.05, 4.69) is 65.2 Å². The van der Waals surface area contributed by atoms with Gasteiger partial charge >= 0.3 is 0 Å². The molecule has 0 spiro atoms. The maximum absolute atomic E-state index is 4.56. The number of nitrogens with zero attached hydrogens (tertiary/aromatic N) is 3. The molecule has 0 bridgehead atoms. The Morgan fingerprint density at radius 1 is 1.30 bits per heavy atom. The molecule has 20 heavy (non-hydrogen) atoms. The predicted molar refractivity (Wildman–Crippen MR) is 83.0 cm³/mol. The van der Waals surface area contributed by atoms with Gasteiger partial charge < -0.3 is 15.6 Å². The first-order valence-electron chi connectivity index (χ1n) is 7.13. The van der Waals surface area contributed by atoms with E-state index in [1.165, 1.54) is 0 Å². The van der Waals surface area contributed by atoms with E-state index in [1.54, 1.807) is 6.33 Å². The van der Waals surface area contributed by atoms with Crippen LogP contribution in [0.3, 0.4) is 0 Å². The summed E-state index contributed by atoms with van der Waals surface area (Å²) in [7, 11) is 0. The number of fused-ring (bicyclic) bond motifs is 1. The normalized spacial score (nSPS) is 13.4. The van der Waals surface area contributed by atoms with Crippen molar-refractivity contribution in [3.05, 3.63) is 6.33 Å². The van der Waals surface area contributed by atoms with Gasteiger partial charge in [0.15, 0.2) is 11.5 Å². The number of imidazole rings is 1. The van der Waals surface area contributed by atoms with Crippen LogP contribution in [-0.2, 0) is 0 Å². The first kappa shape index (κ1) is 14.6. The van der Waals surface area contributed by atoms with Gasteiger partial charge in [-0.3, -0.25) is 0 Å². The van der Waals surface area contributed by atoms with E-state index in [9.17, 15) is 0 Å². The Bertz CT molecular complexity index is 569. The lowest BCUT2D eigenvalue weighted by molar-refractivity contribution is 0.359. The molecule has 2 aromatic rings. The lowest BCUT2D eigenvalue weighted by Crippen LogP contribution is -2.31. The summed E-state index contributed by atoms with van der Waals surface area (Å²) in [6.45, 7) is 11.7. The molecule has 6 nitrogen and oxygen atoms in total. The van der Waals surface area contributed by atoms with Crippen LogP contribution in [0.2, 0.25) is 0 Å². The summed E-state index contributed by atoms with van der Waals surface area (Å²) in [6.07, 6.45) is 2.68. The summed E-state index contributed by atoms with van der Waals surface area (Å²) in [5.41, 5.74) is 1.68. The standard InChI is InChI=1S/C14H24N6/c1-6-7-15-13-19-11-10(16-8-17-11)12(20-13)18-9(2)14(3,4)5/h8-9H,6-7H2,1-5H3,(H3,15,16,17,18,19,20). The SMILES string of the molecule is CCCNc1nc(NC(C)C(C)(C)C)c2[nH]cnc2n1. The third-order valence-electron chi connectivity index (χ3n) is 3.47. The van der Waals surface area contributed by atoms with Crippen molar-refractivity contribution in [2.24, 2.45) is 5.41 Å². The average molecular weight is 276 g/mol. The molecule has 0 fully saturated rings. The summed E-state index contributed by atoms with van der Waals surface area (Å²) < 4.78 is 0. The van der Waals surface area contributed by atoms with Crippen molar-refractivity contribution in [2.75, 3.05) is 17.2 Å². The molecule has 0 aliphatic rings. The quantitative estimate of drug-likeness (QED) is 0.782. The van der Waals surface area contributed by atoms with Gasteiger partial charge in [0.1, 0.15) is 5.52 Å². The molecule has 0 saturated carbocycles. The van der Waals surface area contributed by atoms with Crippen LogP contribution in [0, 0.1) is 5.41 Å². The molecule has 0 aliphatic carbocycles. The van der Waals surface area contributed by atoms with Gasteiger partial charge in [0.25, 0.3) is 0 Å². The minimum Gasteiger partial charge on any atom is -0.365 e. The van der Waals surface area contributed by atoms with Crippen LogP contribution >= 0.6 is 0 Å². The molecule has 1 atom stereocenters. The summed E-state index contributed by atoms with van der Waals surface area (Å²) >= 11 is 0. The highest BCUT2D eigenvalue weighted by atomic mass is 15.2. The minimum atomic E-state index is 0.147.